The molecule has 0 aromatic carbocycles. The van der Waals surface area contributed by atoms with Crippen LogP contribution in [0.2, 0.25) is 0 Å². The van der Waals surface area contributed by atoms with Crippen molar-refractivity contribution in [1.82, 2.24) is 0 Å². The van der Waals surface area contributed by atoms with Crippen molar-refractivity contribution >= 4 is 10.1 Å². The summed E-state index contributed by atoms with van der Waals surface area (Å²) in [4.78, 5) is 0. The van der Waals surface area contributed by atoms with Crippen molar-refractivity contribution in [2.75, 3.05) is 0 Å². The molecule has 0 spiro atoms. The fourth-order valence-corrected chi connectivity index (χ4v) is 0.727. The van der Waals surface area contributed by atoms with E-state index >= 15 is 0 Å². The average molecular weight is 158 g/mol. The summed E-state index contributed by atoms with van der Waals surface area (Å²) >= 11 is 0. The topological polar surface area (TPSA) is 43.4 Å². The second kappa shape index (κ2) is 3.81. The first-order valence-electron chi connectivity index (χ1n) is 2.41. The van der Waals surface area contributed by atoms with E-state index in [2.05, 4.69) is 16.0 Å². The van der Waals surface area contributed by atoms with E-state index < -0.39 is 10.1 Å². The molecule has 0 aromatic heterocycles. The van der Waals surface area contributed by atoms with Crippen molar-refractivity contribution in [2.24, 2.45) is 0 Å². The molecule has 0 aliphatic heterocycles. The van der Waals surface area contributed by atoms with Gasteiger partial charge in [-0.2, -0.15) is 8.42 Å². The van der Waals surface area contributed by atoms with Gasteiger partial charge in [-0.05, 0) is 6.92 Å². The maximum Gasteiger partial charge on any atom is 0.390 e. The molecule has 0 heterocycles. The van der Waals surface area contributed by atoms with Crippen molar-refractivity contribution in [1.29, 1.82) is 0 Å². The zero-order chi connectivity index (χ0) is 8.04. The average Bonchev–Trinajstić information content (AvgIpc) is 1.84. The van der Waals surface area contributed by atoms with E-state index in [0.717, 1.165) is 0 Å². The highest BCUT2D eigenvalue weighted by Gasteiger charge is 2.01. The van der Waals surface area contributed by atoms with Crippen molar-refractivity contribution < 1.29 is 12.6 Å². The first-order chi connectivity index (χ1) is 4.62. The van der Waals surface area contributed by atoms with Gasteiger partial charge in [0.25, 0.3) is 0 Å². The van der Waals surface area contributed by atoms with E-state index in [4.69, 9.17) is 0 Å². The fourth-order valence-electron chi connectivity index (χ4n) is 0.242. The molecule has 0 N–H and O–H groups in total. The van der Waals surface area contributed by atoms with E-state index in [-0.39, 0.29) is 0 Å². The lowest BCUT2D eigenvalue weighted by Gasteiger charge is -1.85. The Morgan fingerprint density at radius 3 is 2.20 bits per heavy atom. The Hall–Kier alpha value is -1.13. The maximum absolute atomic E-state index is 10.5. The van der Waals surface area contributed by atoms with Crippen LogP contribution in [0.1, 0.15) is 13.8 Å². The third kappa shape index (κ3) is 3.82. The molecular formula is C6H6O3S. The van der Waals surface area contributed by atoms with Gasteiger partial charge in [0.15, 0.2) is 0 Å². The third-order valence-corrected chi connectivity index (χ3v) is 1.24. The molecular weight excluding hydrogens is 152 g/mol. The van der Waals surface area contributed by atoms with Crippen LogP contribution in [-0.2, 0) is 14.3 Å². The molecule has 54 valence electrons. The Bertz CT molecular complexity index is 304. The minimum atomic E-state index is -3.73. The lowest BCUT2D eigenvalue weighted by Crippen LogP contribution is -1.96. The summed E-state index contributed by atoms with van der Waals surface area (Å²) in [6.07, 6.45) is 1.93. The SMILES string of the molecule is CC#COS(=O)(=O)C#CC. The van der Waals surface area contributed by atoms with E-state index in [9.17, 15) is 8.42 Å². The van der Waals surface area contributed by atoms with Gasteiger partial charge in [-0.25, -0.2) is 0 Å². The zero-order valence-electron chi connectivity index (χ0n) is 5.63. The third-order valence-electron chi connectivity index (χ3n) is 0.480. The summed E-state index contributed by atoms with van der Waals surface area (Å²) < 4.78 is 25.0. The summed E-state index contributed by atoms with van der Waals surface area (Å²) in [5.74, 6) is 4.45. The lowest BCUT2D eigenvalue weighted by atomic mass is 10.8. The van der Waals surface area contributed by atoms with Gasteiger partial charge in [-0.1, -0.05) is 11.8 Å². The van der Waals surface area contributed by atoms with Crippen LogP contribution in [0.15, 0.2) is 0 Å². The summed E-state index contributed by atoms with van der Waals surface area (Å²) in [5.41, 5.74) is 0. The number of rotatable bonds is 1. The van der Waals surface area contributed by atoms with Crippen molar-refractivity contribution in [3.8, 4) is 23.2 Å². The van der Waals surface area contributed by atoms with Crippen LogP contribution >= 0.6 is 0 Å². The first kappa shape index (κ1) is 8.87. The van der Waals surface area contributed by atoms with Gasteiger partial charge in [0.1, 0.15) is 6.11 Å². The first-order valence-corrected chi connectivity index (χ1v) is 3.82. The second-order valence-corrected chi connectivity index (χ2v) is 2.52. The van der Waals surface area contributed by atoms with Gasteiger partial charge in [-0.3, -0.25) is 0 Å². The van der Waals surface area contributed by atoms with Crippen molar-refractivity contribution in [3.05, 3.63) is 0 Å². The van der Waals surface area contributed by atoms with Crippen LogP contribution in [0.25, 0.3) is 0 Å². The molecule has 0 saturated carbocycles. The van der Waals surface area contributed by atoms with Gasteiger partial charge in [0.2, 0.25) is 0 Å². The Morgan fingerprint density at radius 1 is 1.20 bits per heavy atom. The van der Waals surface area contributed by atoms with Crippen LogP contribution in [0.5, 0.6) is 0 Å². The molecule has 0 saturated heterocycles. The lowest BCUT2D eigenvalue weighted by molar-refractivity contribution is 0.478. The molecule has 0 bridgehead atoms. The molecule has 0 aliphatic rings. The smallest absolute Gasteiger partial charge is 0.318 e. The highest BCUT2D eigenvalue weighted by Crippen LogP contribution is 1.86. The van der Waals surface area contributed by atoms with Crippen molar-refractivity contribution in [3.63, 3.8) is 0 Å². The largest absolute Gasteiger partial charge is 0.390 e. The molecule has 0 aliphatic carbocycles. The Kier molecular flexibility index (Phi) is 3.38. The minimum absolute atomic E-state index is 1.40. The molecule has 3 nitrogen and oxygen atoms in total. The van der Waals surface area contributed by atoms with Gasteiger partial charge < -0.3 is 4.18 Å². The maximum atomic E-state index is 10.5. The van der Waals surface area contributed by atoms with Crippen molar-refractivity contribution in [2.45, 2.75) is 13.8 Å². The van der Waals surface area contributed by atoms with Crippen LogP contribution in [0.3, 0.4) is 0 Å². The quantitative estimate of drug-likeness (QED) is 0.407. The molecule has 10 heavy (non-hydrogen) atoms. The molecule has 0 rings (SSSR count). The fraction of sp³-hybridized carbons (Fsp3) is 0.333. The summed E-state index contributed by atoms with van der Waals surface area (Å²) in [6, 6.07) is 0. The van der Waals surface area contributed by atoms with Gasteiger partial charge >= 0.3 is 10.1 Å². The normalized spacial score (nSPS) is 8.20. The predicted octanol–water partition coefficient (Wildman–Crippen LogP) is 0.294. The van der Waals surface area contributed by atoms with Gasteiger partial charge in [0, 0.05) is 6.92 Å². The van der Waals surface area contributed by atoms with E-state index in [1.54, 1.807) is 0 Å². The molecule has 0 aromatic rings. The molecule has 0 fully saturated rings. The van der Waals surface area contributed by atoms with Crippen LogP contribution in [-0.4, -0.2) is 8.42 Å². The van der Waals surface area contributed by atoms with Gasteiger partial charge in [-0.15, -0.1) is 0 Å². The Balaban J connectivity index is 4.36. The van der Waals surface area contributed by atoms with E-state index in [1.165, 1.54) is 13.8 Å². The molecule has 0 amide bonds. The number of hydrogen-bond donors (Lipinski definition) is 0. The van der Waals surface area contributed by atoms with Gasteiger partial charge in [0.05, 0.1) is 5.25 Å². The Labute approximate surface area is 60.5 Å². The van der Waals surface area contributed by atoms with E-state index in [0.29, 0.717) is 0 Å². The molecule has 4 heteroatoms. The zero-order valence-corrected chi connectivity index (χ0v) is 6.45. The highest BCUT2D eigenvalue weighted by atomic mass is 32.2. The summed E-state index contributed by atoms with van der Waals surface area (Å²) in [6.45, 7) is 2.87. The Morgan fingerprint density at radius 2 is 1.80 bits per heavy atom. The second-order valence-electron chi connectivity index (χ2n) is 1.24. The van der Waals surface area contributed by atoms with Crippen LogP contribution in [0, 0.1) is 23.2 Å². The minimum Gasteiger partial charge on any atom is -0.318 e. The number of hydrogen-bond acceptors (Lipinski definition) is 3. The monoisotopic (exact) mass is 158 g/mol. The summed E-state index contributed by atoms with van der Waals surface area (Å²) in [5, 5.41) is 1.85. The molecule has 0 atom stereocenters. The van der Waals surface area contributed by atoms with Crippen LogP contribution < -0.4 is 0 Å². The standard InChI is InChI=1S/C6H6O3S/c1-3-5-9-10(7,8)6-4-2/h1-2H3. The van der Waals surface area contributed by atoms with Crippen LogP contribution in [0.4, 0.5) is 0 Å². The summed E-state index contributed by atoms with van der Waals surface area (Å²) in [7, 11) is -3.73. The highest BCUT2D eigenvalue weighted by molar-refractivity contribution is 7.91. The van der Waals surface area contributed by atoms with E-state index in [1.807, 2.05) is 11.4 Å². The predicted molar refractivity (Wildman–Crippen MR) is 36.9 cm³/mol. The molecule has 0 unspecified atom stereocenters. The molecule has 0 radical (unpaired) electrons.